The van der Waals surface area contributed by atoms with E-state index >= 15 is 0 Å². The Morgan fingerprint density at radius 1 is 1.38 bits per heavy atom. The number of nitrogens with zero attached hydrogens (tertiary/aromatic N) is 2. The van der Waals surface area contributed by atoms with Crippen LogP contribution in [-0.2, 0) is 0 Å². The summed E-state index contributed by atoms with van der Waals surface area (Å²) in [6, 6.07) is 1.91. The lowest BCUT2D eigenvalue weighted by molar-refractivity contribution is 0.564. The highest BCUT2D eigenvalue weighted by Crippen LogP contribution is 2.14. The van der Waals surface area contributed by atoms with Gasteiger partial charge in [0.2, 0.25) is 0 Å². The van der Waals surface area contributed by atoms with E-state index in [1.807, 2.05) is 0 Å². The molecule has 1 N–H and O–H groups in total. The first-order valence-corrected chi connectivity index (χ1v) is 5.74. The van der Waals surface area contributed by atoms with Crippen molar-refractivity contribution < 1.29 is 0 Å². The van der Waals surface area contributed by atoms with E-state index in [0.29, 0.717) is 17.8 Å². The number of H-pyrrole nitrogens is 1. The maximum Gasteiger partial charge on any atom is 0.252 e. The molecule has 0 saturated carbocycles. The lowest BCUT2D eigenvalue weighted by atomic mass is 10.2. The first-order valence-electron chi connectivity index (χ1n) is 5.74. The molecule has 1 rings (SSSR count). The second kappa shape index (κ2) is 5.14. The van der Waals surface area contributed by atoms with Crippen LogP contribution in [0.3, 0.4) is 0 Å². The Hall–Kier alpha value is -1.32. The summed E-state index contributed by atoms with van der Waals surface area (Å²) >= 11 is 0. The molecule has 0 aliphatic carbocycles. The summed E-state index contributed by atoms with van der Waals surface area (Å²) in [5.74, 6) is 1.98. The molecule has 1 aromatic heterocycles. The SMILES string of the molecule is Cc1nc(N(CC(C)C)C(C)C)cc(=O)[nH]1. The standard InChI is InChI=1S/C12H21N3O/c1-8(2)7-15(9(3)4)11-6-12(16)14-10(5)13-11/h6,8-9H,7H2,1-5H3,(H,13,14,16). The van der Waals surface area contributed by atoms with E-state index < -0.39 is 0 Å². The topological polar surface area (TPSA) is 49.0 Å². The third-order valence-electron chi connectivity index (χ3n) is 2.33. The number of nitrogens with one attached hydrogen (secondary N) is 1. The van der Waals surface area contributed by atoms with Crippen LogP contribution in [0.1, 0.15) is 33.5 Å². The summed E-state index contributed by atoms with van der Waals surface area (Å²) in [4.78, 5) is 20.6. The van der Waals surface area contributed by atoms with Gasteiger partial charge in [-0.2, -0.15) is 0 Å². The lowest BCUT2D eigenvalue weighted by Gasteiger charge is -2.29. The number of anilines is 1. The Bertz CT molecular complexity index is 395. The summed E-state index contributed by atoms with van der Waals surface area (Å²) in [6.45, 7) is 11.3. The molecule has 0 unspecified atom stereocenters. The van der Waals surface area contributed by atoms with Crippen molar-refractivity contribution in [3.8, 4) is 0 Å². The zero-order chi connectivity index (χ0) is 12.3. The van der Waals surface area contributed by atoms with Crippen LogP contribution in [0.25, 0.3) is 0 Å². The predicted molar refractivity (Wildman–Crippen MR) is 66.9 cm³/mol. The molecule has 4 nitrogen and oxygen atoms in total. The van der Waals surface area contributed by atoms with Crippen molar-refractivity contribution in [3.63, 3.8) is 0 Å². The quantitative estimate of drug-likeness (QED) is 0.848. The van der Waals surface area contributed by atoms with Crippen LogP contribution in [0.2, 0.25) is 0 Å². The van der Waals surface area contributed by atoms with Crippen LogP contribution in [0.4, 0.5) is 5.82 Å². The molecule has 1 heterocycles. The fraction of sp³-hybridized carbons (Fsp3) is 0.667. The highest BCUT2D eigenvalue weighted by Gasteiger charge is 2.14. The van der Waals surface area contributed by atoms with Crippen molar-refractivity contribution >= 4 is 5.82 Å². The first-order chi connectivity index (χ1) is 7.40. The van der Waals surface area contributed by atoms with E-state index in [-0.39, 0.29) is 5.56 Å². The van der Waals surface area contributed by atoms with Gasteiger partial charge in [0, 0.05) is 18.7 Å². The van der Waals surface area contributed by atoms with Crippen molar-refractivity contribution in [1.82, 2.24) is 9.97 Å². The molecule has 0 atom stereocenters. The molecule has 0 amide bonds. The fourth-order valence-corrected chi connectivity index (χ4v) is 1.67. The number of aryl methyl sites for hydroxylation is 1. The highest BCUT2D eigenvalue weighted by atomic mass is 16.1. The van der Waals surface area contributed by atoms with Crippen LogP contribution >= 0.6 is 0 Å². The van der Waals surface area contributed by atoms with Gasteiger partial charge in [0.1, 0.15) is 11.6 Å². The van der Waals surface area contributed by atoms with E-state index in [2.05, 4.69) is 42.6 Å². The largest absolute Gasteiger partial charge is 0.354 e. The minimum absolute atomic E-state index is 0.0862. The van der Waals surface area contributed by atoms with Crippen molar-refractivity contribution in [1.29, 1.82) is 0 Å². The molecule has 16 heavy (non-hydrogen) atoms. The molecule has 0 fully saturated rings. The monoisotopic (exact) mass is 223 g/mol. The number of rotatable bonds is 4. The average Bonchev–Trinajstić information content (AvgIpc) is 2.11. The summed E-state index contributed by atoms with van der Waals surface area (Å²) in [7, 11) is 0. The zero-order valence-electron chi connectivity index (χ0n) is 10.7. The smallest absolute Gasteiger partial charge is 0.252 e. The van der Waals surface area contributed by atoms with E-state index in [1.54, 1.807) is 13.0 Å². The van der Waals surface area contributed by atoms with Crippen molar-refractivity contribution in [2.24, 2.45) is 5.92 Å². The molecule has 0 aliphatic rings. The molecular formula is C12H21N3O. The lowest BCUT2D eigenvalue weighted by Crippen LogP contribution is -2.35. The van der Waals surface area contributed by atoms with Gasteiger partial charge in [-0.15, -0.1) is 0 Å². The van der Waals surface area contributed by atoms with Gasteiger partial charge in [-0.1, -0.05) is 13.8 Å². The molecule has 1 aromatic rings. The minimum atomic E-state index is -0.0862. The Kier molecular flexibility index (Phi) is 4.10. The van der Waals surface area contributed by atoms with Gasteiger partial charge in [0.15, 0.2) is 0 Å². The summed E-state index contributed by atoms with van der Waals surface area (Å²) < 4.78 is 0. The average molecular weight is 223 g/mol. The maximum absolute atomic E-state index is 11.4. The van der Waals surface area contributed by atoms with Gasteiger partial charge in [-0.05, 0) is 26.7 Å². The van der Waals surface area contributed by atoms with Crippen LogP contribution in [0, 0.1) is 12.8 Å². The van der Waals surface area contributed by atoms with Gasteiger partial charge in [-0.25, -0.2) is 4.98 Å². The van der Waals surface area contributed by atoms with E-state index in [9.17, 15) is 4.79 Å². The van der Waals surface area contributed by atoms with Crippen LogP contribution in [0.5, 0.6) is 0 Å². The van der Waals surface area contributed by atoms with Crippen molar-refractivity contribution in [2.75, 3.05) is 11.4 Å². The van der Waals surface area contributed by atoms with Crippen LogP contribution in [-0.4, -0.2) is 22.6 Å². The van der Waals surface area contributed by atoms with Gasteiger partial charge in [-0.3, -0.25) is 4.79 Å². The Morgan fingerprint density at radius 2 is 2.00 bits per heavy atom. The summed E-state index contributed by atoms with van der Waals surface area (Å²) in [5, 5.41) is 0. The second-order valence-electron chi connectivity index (χ2n) is 4.83. The molecule has 0 aromatic carbocycles. The molecule has 4 heteroatoms. The molecule has 0 bridgehead atoms. The Balaban J connectivity index is 3.05. The van der Waals surface area contributed by atoms with E-state index in [1.165, 1.54) is 0 Å². The van der Waals surface area contributed by atoms with E-state index in [4.69, 9.17) is 0 Å². The molecule has 0 radical (unpaired) electrons. The van der Waals surface area contributed by atoms with Gasteiger partial charge < -0.3 is 9.88 Å². The summed E-state index contributed by atoms with van der Waals surface area (Å²) in [6.07, 6.45) is 0. The van der Waals surface area contributed by atoms with Crippen molar-refractivity contribution in [2.45, 2.75) is 40.7 Å². The third kappa shape index (κ3) is 3.36. The zero-order valence-corrected chi connectivity index (χ0v) is 10.7. The van der Waals surface area contributed by atoms with Gasteiger partial charge in [0.05, 0.1) is 0 Å². The van der Waals surface area contributed by atoms with Crippen LogP contribution < -0.4 is 10.5 Å². The minimum Gasteiger partial charge on any atom is -0.354 e. The Labute approximate surface area is 96.7 Å². The molecule has 0 saturated heterocycles. The molecule has 90 valence electrons. The van der Waals surface area contributed by atoms with Gasteiger partial charge in [0.25, 0.3) is 5.56 Å². The number of aromatic amines is 1. The van der Waals surface area contributed by atoms with E-state index in [0.717, 1.165) is 12.4 Å². The molecular weight excluding hydrogens is 202 g/mol. The van der Waals surface area contributed by atoms with Crippen LogP contribution in [0.15, 0.2) is 10.9 Å². The Morgan fingerprint density at radius 3 is 2.44 bits per heavy atom. The first kappa shape index (κ1) is 12.7. The normalized spacial score (nSPS) is 11.2. The van der Waals surface area contributed by atoms with Crippen molar-refractivity contribution in [3.05, 3.63) is 22.2 Å². The molecule has 0 aliphatic heterocycles. The number of hydrogen-bond acceptors (Lipinski definition) is 3. The maximum atomic E-state index is 11.4. The second-order valence-corrected chi connectivity index (χ2v) is 4.83. The molecule has 0 spiro atoms. The number of aromatic nitrogens is 2. The number of hydrogen-bond donors (Lipinski definition) is 1. The summed E-state index contributed by atoms with van der Waals surface area (Å²) in [5.41, 5.74) is -0.0862. The third-order valence-corrected chi connectivity index (χ3v) is 2.33. The highest BCUT2D eigenvalue weighted by molar-refractivity contribution is 5.38. The fourth-order valence-electron chi connectivity index (χ4n) is 1.67. The predicted octanol–water partition coefficient (Wildman–Crippen LogP) is 1.95. The van der Waals surface area contributed by atoms with Gasteiger partial charge >= 0.3 is 0 Å².